The van der Waals surface area contributed by atoms with Gasteiger partial charge in [-0.1, -0.05) is 25.5 Å². The van der Waals surface area contributed by atoms with Crippen molar-refractivity contribution in [2.45, 2.75) is 53.1 Å². The largest absolute Gasteiger partial charge is 0.396 e. The topological polar surface area (TPSA) is 40.5 Å². The summed E-state index contributed by atoms with van der Waals surface area (Å²) in [6.07, 6.45) is 5.22. The first-order chi connectivity index (χ1) is 9.01. The number of aliphatic hydroxyl groups is 2. The van der Waals surface area contributed by atoms with E-state index in [2.05, 4.69) is 33.8 Å². The summed E-state index contributed by atoms with van der Waals surface area (Å²) in [6, 6.07) is 0. The summed E-state index contributed by atoms with van der Waals surface area (Å²) in [4.78, 5) is 0. The first-order valence-corrected chi connectivity index (χ1v) is 7.93. The van der Waals surface area contributed by atoms with E-state index < -0.39 is 0 Å². The zero-order valence-corrected chi connectivity index (χ0v) is 12.8. The van der Waals surface area contributed by atoms with Crippen LogP contribution >= 0.6 is 0 Å². The lowest BCUT2D eigenvalue weighted by atomic mass is 9.53. The van der Waals surface area contributed by atoms with E-state index in [-0.39, 0.29) is 12.7 Å². The van der Waals surface area contributed by atoms with E-state index >= 15 is 0 Å². The Hall–Kier alpha value is -0.340. The summed E-state index contributed by atoms with van der Waals surface area (Å²) in [6.45, 7) is 9.17. The van der Waals surface area contributed by atoms with Crippen molar-refractivity contribution >= 4 is 0 Å². The molecule has 2 heteroatoms. The van der Waals surface area contributed by atoms with E-state index in [1.165, 1.54) is 5.57 Å². The maximum Gasteiger partial charge on any atom is 0.0571 e. The number of rotatable bonds is 2. The van der Waals surface area contributed by atoms with Gasteiger partial charge < -0.3 is 10.2 Å². The fourth-order valence-corrected chi connectivity index (χ4v) is 5.02. The summed E-state index contributed by atoms with van der Waals surface area (Å²) in [5, 5.41) is 20.3. The third-order valence-corrected chi connectivity index (χ3v) is 5.97. The maximum atomic E-state index is 10.3. The summed E-state index contributed by atoms with van der Waals surface area (Å²) < 4.78 is 0. The van der Waals surface area contributed by atoms with Crippen LogP contribution in [0, 0.1) is 35.5 Å². The quantitative estimate of drug-likeness (QED) is 0.753. The zero-order valence-electron chi connectivity index (χ0n) is 12.8. The third-order valence-electron chi connectivity index (χ3n) is 5.97. The van der Waals surface area contributed by atoms with E-state index in [4.69, 9.17) is 0 Å². The molecule has 19 heavy (non-hydrogen) atoms. The molecule has 0 aromatic rings. The molecule has 0 spiro atoms. The van der Waals surface area contributed by atoms with Crippen LogP contribution in [-0.2, 0) is 0 Å². The second-order valence-electron chi connectivity index (χ2n) is 6.98. The van der Waals surface area contributed by atoms with Gasteiger partial charge >= 0.3 is 0 Å². The van der Waals surface area contributed by atoms with Crippen LogP contribution in [0.5, 0.6) is 0 Å². The molecule has 0 amide bonds. The van der Waals surface area contributed by atoms with Crippen LogP contribution in [0.4, 0.5) is 0 Å². The van der Waals surface area contributed by atoms with E-state index in [0.29, 0.717) is 35.5 Å². The standard InChI is InChI=1S/C17H30O2/c1-5-10(2)16-12(4)8-13-15(19)7-6-11(3)17(13)14(16)9-18/h5,11-19H,6-9H2,1-4H3/b10-5-/t11-,12-,13-,14+,15-,16+,17+/m0/s1. The Labute approximate surface area is 117 Å². The molecule has 0 unspecified atom stereocenters. The van der Waals surface area contributed by atoms with Crippen LogP contribution < -0.4 is 0 Å². The Morgan fingerprint density at radius 3 is 2.47 bits per heavy atom. The van der Waals surface area contributed by atoms with E-state index in [1.54, 1.807) is 0 Å². The zero-order chi connectivity index (χ0) is 14.2. The van der Waals surface area contributed by atoms with Crippen molar-refractivity contribution in [3.8, 4) is 0 Å². The molecule has 110 valence electrons. The lowest BCUT2D eigenvalue weighted by Gasteiger charge is -2.52. The van der Waals surface area contributed by atoms with Crippen LogP contribution in [0.25, 0.3) is 0 Å². The van der Waals surface area contributed by atoms with Crippen molar-refractivity contribution in [3.05, 3.63) is 11.6 Å². The van der Waals surface area contributed by atoms with Crippen molar-refractivity contribution in [2.24, 2.45) is 35.5 Å². The normalized spacial score (nSPS) is 47.9. The van der Waals surface area contributed by atoms with Gasteiger partial charge in [0.05, 0.1) is 6.10 Å². The van der Waals surface area contributed by atoms with Gasteiger partial charge in [0.2, 0.25) is 0 Å². The van der Waals surface area contributed by atoms with E-state index in [0.717, 1.165) is 19.3 Å². The number of fused-ring (bicyclic) bond motifs is 1. The smallest absolute Gasteiger partial charge is 0.0571 e. The van der Waals surface area contributed by atoms with Crippen LogP contribution in [0.2, 0.25) is 0 Å². The highest BCUT2D eigenvalue weighted by Crippen LogP contribution is 2.52. The molecule has 0 heterocycles. The number of allylic oxidation sites excluding steroid dienone is 2. The molecule has 2 fully saturated rings. The molecule has 0 radical (unpaired) electrons. The maximum absolute atomic E-state index is 10.3. The average Bonchev–Trinajstić information content (AvgIpc) is 2.40. The van der Waals surface area contributed by atoms with Gasteiger partial charge in [-0.25, -0.2) is 0 Å². The predicted octanol–water partition coefficient (Wildman–Crippen LogP) is 3.24. The van der Waals surface area contributed by atoms with Crippen molar-refractivity contribution in [1.82, 2.24) is 0 Å². The van der Waals surface area contributed by atoms with Crippen LogP contribution in [0.15, 0.2) is 11.6 Å². The van der Waals surface area contributed by atoms with Gasteiger partial charge in [0.1, 0.15) is 0 Å². The Morgan fingerprint density at radius 2 is 1.89 bits per heavy atom. The highest BCUT2D eigenvalue weighted by Gasteiger charge is 2.49. The molecule has 0 aliphatic heterocycles. The molecule has 2 aliphatic carbocycles. The summed E-state index contributed by atoms with van der Waals surface area (Å²) in [7, 11) is 0. The van der Waals surface area contributed by atoms with Gasteiger partial charge in [-0.2, -0.15) is 0 Å². The van der Waals surface area contributed by atoms with Gasteiger partial charge in [-0.05, 0) is 68.6 Å². The molecule has 0 saturated heterocycles. The molecule has 0 aromatic heterocycles. The average molecular weight is 266 g/mol. The van der Waals surface area contributed by atoms with Crippen LogP contribution in [0.1, 0.15) is 47.0 Å². The highest BCUT2D eigenvalue weighted by molar-refractivity contribution is 5.11. The van der Waals surface area contributed by atoms with Crippen LogP contribution in [-0.4, -0.2) is 22.9 Å². The third kappa shape index (κ3) is 2.62. The summed E-state index contributed by atoms with van der Waals surface area (Å²) in [5.74, 6) is 2.90. The fraction of sp³-hybridized carbons (Fsp3) is 0.882. The lowest BCUT2D eigenvalue weighted by molar-refractivity contribution is -0.0864. The molecule has 0 bridgehead atoms. The molecule has 0 aromatic carbocycles. The van der Waals surface area contributed by atoms with Crippen molar-refractivity contribution in [3.63, 3.8) is 0 Å². The van der Waals surface area contributed by atoms with Crippen molar-refractivity contribution < 1.29 is 10.2 Å². The van der Waals surface area contributed by atoms with E-state index in [1.807, 2.05) is 0 Å². The monoisotopic (exact) mass is 266 g/mol. The minimum atomic E-state index is -0.149. The second kappa shape index (κ2) is 5.97. The minimum Gasteiger partial charge on any atom is -0.396 e. The second-order valence-corrected chi connectivity index (χ2v) is 6.98. The van der Waals surface area contributed by atoms with Gasteiger partial charge in [-0.3, -0.25) is 0 Å². The highest BCUT2D eigenvalue weighted by atomic mass is 16.3. The number of hydrogen-bond donors (Lipinski definition) is 2. The van der Waals surface area contributed by atoms with Gasteiger partial charge in [0.25, 0.3) is 0 Å². The molecule has 2 N–H and O–H groups in total. The Bertz CT molecular complexity index is 336. The molecular weight excluding hydrogens is 236 g/mol. The van der Waals surface area contributed by atoms with Gasteiger partial charge in [0, 0.05) is 6.61 Å². The van der Waals surface area contributed by atoms with Gasteiger partial charge in [-0.15, -0.1) is 0 Å². The summed E-state index contributed by atoms with van der Waals surface area (Å²) in [5.41, 5.74) is 1.41. The first kappa shape index (κ1) is 15.1. The Kier molecular flexibility index (Phi) is 4.73. The molecule has 2 saturated carbocycles. The number of aliphatic hydroxyl groups excluding tert-OH is 2. The SMILES string of the molecule is C/C=C(/C)[C@H]1[C@@H](CO)[C@H]2[C@@H](C[C@@H]1C)[C@@H](O)CC[C@@H]2C. The van der Waals surface area contributed by atoms with Crippen molar-refractivity contribution in [2.75, 3.05) is 6.61 Å². The molecule has 2 nitrogen and oxygen atoms in total. The first-order valence-electron chi connectivity index (χ1n) is 7.93. The Balaban J connectivity index is 2.32. The van der Waals surface area contributed by atoms with E-state index in [9.17, 15) is 10.2 Å². The summed E-state index contributed by atoms with van der Waals surface area (Å²) >= 11 is 0. The lowest BCUT2D eigenvalue weighted by Crippen LogP contribution is -2.50. The van der Waals surface area contributed by atoms with Crippen molar-refractivity contribution in [1.29, 1.82) is 0 Å². The molecule has 7 atom stereocenters. The fourth-order valence-electron chi connectivity index (χ4n) is 5.02. The predicted molar refractivity (Wildman–Crippen MR) is 78.7 cm³/mol. The molecule has 2 rings (SSSR count). The van der Waals surface area contributed by atoms with Crippen LogP contribution in [0.3, 0.4) is 0 Å². The molecular formula is C17H30O2. The van der Waals surface area contributed by atoms with Gasteiger partial charge in [0.15, 0.2) is 0 Å². The molecule has 2 aliphatic rings. The Morgan fingerprint density at radius 1 is 1.21 bits per heavy atom. The minimum absolute atomic E-state index is 0.149. The number of hydrogen-bond acceptors (Lipinski definition) is 2.